The first-order chi connectivity index (χ1) is 3.83. The van der Waals surface area contributed by atoms with Gasteiger partial charge < -0.3 is 22.9 Å². The van der Waals surface area contributed by atoms with Gasteiger partial charge in [-0.25, -0.2) is 0 Å². The molecule has 0 atom stereocenters. The van der Waals surface area contributed by atoms with E-state index in [1.807, 2.05) is 0 Å². The molecular weight excluding hydrogens is 168 g/mol. The van der Waals surface area contributed by atoms with E-state index in [9.17, 15) is 0 Å². The Hall–Kier alpha value is 0.359. The Bertz CT molecular complexity index is 20.5. The second kappa shape index (κ2) is 23.8. The van der Waals surface area contributed by atoms with E-state index in [-0.39, 0.29) is 17.1 Å². The summed E-state index contributed by atoms with van der Waals surface area (Å²) in [5.74, 6) is 0. The van der Waals surface area contributed by atoms with Crippen molar-refractivity contribution in [2.24, 2.45) is 11.5 Å². The summed E-state index contributed by atoms with van der Waals surface area (Å²) in [5, 5.41) is 0. The maximum atomic E-state index is 6.33. The molecule has 0 spiro atoms. The van der Waals surface area contributed by atoms with Crippen LogP contribution in [0.5, 0.6) is 0 Å². The molecule has 0 bridgehead atoms. The van der Waals surface area contributed by atoms with Crippen LogP contribution in [0.25, 0.3) is 11.5 Å². The van der Waals surface area contributed by atoms with E-state index in [1.54, 1.807) is 0 Å². The van der Waals surface area contributed by atoms with Gasteiger partial charge in [-0.1, -0.05) is 0 Å². The summed E-state index contributed by atoms with van der Waals surface area (Å²) in [7, 11) is 0. The molecular formula is C4H14CuN4. The first kappa shape index (κ1) is 16.2. The predicted octanol–water partition coefficient (Wildman–Crippen LogP) is -0.00790. The van der Waals surface area contributed by atoms with Gasteiger partial charge in [0.25, 0.3) is 0 Å². The van der Waals surface area contributed by atoms with Crippen molar-refractivity contribution in [3.63, 3.8) is 0 Å². The van der Waals surface area contributed by atoms with Gasteiger partial charge >= 0.3 is 17.1 Å². The minimum absolute atomic E-state index is 0. The van der Waals surface area contributed by atoms with Crippen LogP contribution in [-0.2, 0) is 17.1 Å². The van der Waals surface area contributed by atoms with Crippen molar-refractivity contribution in [3.05, 3.63) is 11.5 Å². The molecule has 0 fully saturated rings. The first-order valence-corrected chi connectivity index (χ1v) is 2.52. The molecule has 0 rings (SSSR count). The number of rotatable bonds is 2. The van der Waals surface area contributed by atoms with Crippen LogP contribution in [0.4, 0.5) is 0 Å². The summed E-state index contributed by atoms with van der Waals surface area (Å²) in [6.07, 6.45) is 0. The molecule has 0 aliphatic heterocycles. The average Bonchev–Trinajstić information content (AvgIpc) is 1.88. The Balaban J connectivity index is -0.0000000720. The van der Waals surface area contributed by atoms with E-state index < -0.39 is 0 Å². The van der Waals surface area contributed by atoms with Gasteiger partial charge in [-0.2, -0.15) is 0 Å². The number of nitrogens with one attached hydrogen (secondary N) is 2. The van der Waals surface area contributed by atoms with Crippen LogP contribution >= 0.6 is 0 Å². The molecule has 0 heterocycles. The Labute approximate surface area is 66.8 Å². The predicted molar refractivity (Wildman–Crippen MR) is 36.5 cm³/mol. The fraction of sp³-hybridized carbons (Fsp3) is 1.00. The molecule has 0 aliphatic rings. The third-order valence-corrected chi connectivity index (χ3v) is 0.289. The van der Waals surface area contributed by atoms with Gasteiger partial charge in [0.05, 0.1) is 0 Å². The van der Waals surface area contributed by atoms with Crippen LogP contribution in [0.3, 0.4) is 0 Å². The fourth-order valence-corrected chi connectivity index (χ4v) is 0. The van der Waals surface area contributed by atoms with Crippen LogP contribution in [0.1, 0.15) is 0 Å². The summed E-state index contributed by atoms with van der Waals surface area (Å²) in [5.41, 5.74) is 22.3. The topological polar surface area (TPSA) is 99.6 Å². The molecule has 0 amide bonds. The minimum atomic E-state index is 0. The van der Waals surface area contributed by atoms with Crippen molar-refractivity contribution < 1.29 is 17.1 Å². The zero-order chi connectivity index (χ0) is 6.83. The summed E-state index contributed by atoms with van der Waals surface area (Å²) in [4.78, 5) is 0. The Kier molecular flexibility index (Phi) is 42.8. The minimum Gasteiger partial charge on any atom is -0.676 e. The standard InChI is InChI=1S/2C2H7N2.Cu/c2*3-1-2-4;/h2*3H,1-2,4H2;/q2*-1;+2. The molecule has 9 heavy (non-hydrogen) atoms. The maximum Gasteiger partial charge on any atom is 2.00 e. The summed E-state index contributed by atoms with van der Waals surface area (Å²) >= 11 is 0. The van der Waals surface area contributed by atoms with Crippen molar-refractivity contribution >= 4 is 0 Å². The third-order valence-electron chi connectivity index (χ3n) is 0.289. The van der Waals surface area contributed by atoms with Crippen molar-refractivity contribution in [1.82, 2.24) is 0 Å². The van der Waals surface area contributed by atoms with Crippen LogP contribution in [0.15, 0.2) is 0 Å². The van der Waals surface area contributed by atoms with Crippen LogP contribution < -0.4 is 11.5 Å². The summed E-state index contributed by atoms with van der Waals surface area (Å²) < 4.78 is 0. The molecule has 4 nitrogen and oxygen atoms in total. The van der Waals surface area contributed by atoms with Gasteiger partial charge in [-0.3, -0.25) is 0 Å². The van der Waals surface area contributed by atoms with Crippen LogP contribution in [-0.4, -0.2) is 26.2 Å². The number of hydrogen-bond acceptors (Lipinski definition) is 2. The summed E-state index contributed by atoms with van der Waals surface area (Å²) in [6.45, 7) is 1.67. The molecule has 1 radical (unpaired) electrons. The number of hydrogen-bond donors (Lipinski definition) is 2. The molecule has 0 aromatic carbocycles. The van der Waals surface area contributed by atoms with E-state index in [0.29, 0.717) is 26.2 Å². The second-order valence-corrected chi connectivity index (χ2v) is 1.08. The fourth-order valence-electron chi connectivity index (χ4n) is 0. The quantitative estimate of drug-likeness (QED) is 0.586. The first-order valence-electron chi connectivity index (χ1n) is 2.52. The monoisotopic (exact) mass is 181 g/mol. The van der Waals surface area contributed by atoms with Crippen molar-refractivity contribution in [1.29, 1.82) is 0 Å². The van der Waals surface area contributed by atoms with Crippen molar-refractivity contribution in [3.8, 4) is 0 Å². The zero-order valence-corrected chi connectivity index (χ0v) is 6.23. The van der Waals surface area contributed by atoms with E-state index >= 15 is 0 Å². The van der Waals surface area contributed by atoms with Gasteiger partial charge in [0.1, 0.15) is 0 Å². The van der Waals surface area contributed by atoms with E-state index in [4.69, 9.17) is 22.9 Å². The van der Waals surface area contributed by atoms with Gasteiger partial charge in [0.15, 0.2) is 0 Å². The van der Waals surface area contributed by atoms with E-state index in [0.717, 1.165) is 0 Å². The van der Waals surface area contributed by atoms with Crippen molar-refractivity contribution in [2.45, 2.75) is 0 Å². The maximum absolute atomic E-state index is 6.33. The van der Waals surface area contributed by atoms with Crippen molar-refractivity contribution in [2.75, 3.05) is 26.2 Å². The van der Waals surface area contributed by atoms with Gasteiger partial charge in [-0.05, 0) is 13.1 Å². The molecule has 0 unspecified atom stereocenters. The summed E-state index contributed by atoms with van der Waals surface area (Å²) in [6, 6.07) is 0. The van der Waals surface area contributed by atoms with E-state index in [1.165, 1.54) is 0 Å². The molecule has 0 saturated heterocycles. The Morgan fingerprint density at radius 2 is 1.00 bits per heavy atom. The molecule has 0 saturated carbocycles. The van der Waals surface area contributed by atoms with Crippen LogP contribution in [0.2, 0.25) is 0 Å². The third kappa shape index (κ3) is 60.7. The van der Waals surface area contributed by atoms with E-state index in [2.05, 4.69) is 0 Å². The van der Waals surface area contributed by atoms with Gasteiger partial charge in [-0.15, -0.1) is 13.1 Å². The zero-order valence-electron chi connectivity index (χ0n) is 5.28. The molecule has 61 valence electrons. The Morgan fingerprint density at radius 1 is 0.889 bits per heavy atom. The molecule has 0 aliphatic carbocycles. The molecule has 0 aromatic rings. The van der Waals surface area contributed by atoms with Crippen LogP contribution in [0, 0.1) is 0 Å². The second-order valence-electron chi connectivity index (χ2n) is 1.08. The average molecular weight is 182 g/mol. The smallest absolute Gasteiger partial charge is 0.676 e. The molecule has 5 heteroatoms. The normalized spacial score (nSPS) is 6.67. The SMILES string of the molecule is [Cu+2].[NH-]CCN.[NH-]CCN. The molecule has 0 aromatic heterocycles. The largest absolute Gasteiger partial charge is 2.00 e. The number of nitrogens with two attached hydrogens (primary N) is 2. The van der Waals surface area contributed by atoms with Gasteiger partial charge in [0, 0.05) is 0 Å². The molecule has 6 N–H and O–H groups in total. The Morgan fingerprint density at radius 3 is 1.00 bits per heavy atom. The van der Waals surface area contributed by atoms with Gasteiger partial charge in [0.2, 0.25) is 0 Å².